The summed E-state index contributed by atoms with van der Waals surface area (Å²) < 4.78 is 31.3. The summed E-state index contributed by atoms with van der Waals surface area (Å²) in [6, 6.07) is -0.264. The van der Waals surface area contributed by atoms with Crippen LogP contribution in [0.1, 0.15) is 37.1 Å². The standard InChI is InChI=1S/C19H25N5O8S2/c1-2-3-4-7-22-8-9-23(18(28)17(22)27)19(29)21-14(13-6-5-10-33-13)15(25)20-12-11-24(16(12)26)34(30,31)32/h5-6,10,12,14H,2-4,7-9,11H2,1H3,(H,20,25)(H,21,29)(H,30,31,32). The Balaban J connectivity index is 1.65. The molecule has 0 aliphatic carbocycles. The lowest BCUT2D eigenvalue weighted by molar-refractivity contribution is -0.153. The molecular weight excluding hydrogens is 490 g/mol. The van der Waals surface area contributed by atoms with E-state index in [4.69, 9.17) is 4.55 Å². The second-order valence-electron chi connectivity index (χ2n) is 7.76. The van der Waals surface area contributed by atoms with E-state index in [0.29, 0.717) is 11.4 Å². The maximum Gasteiger partial charge on any atom is 0.362 e. The molecule has 3 heterocycles. The number of hydrogen-bond acceptors (Lipinski definition) is 8. The van der Waals surface area contributed by atoms with E-state index >= 15 is 0 Å². The van der Waals surface area contributed by atoms with Crippen LogP contribution in [0.15, 0.2) is 17.5 Å². The first kappa shape index (κ1) is 25.6. The topological polar surface area (TPSA) is 173 Å². The van der Waals surface area contributed by atoms with Gasteiger partial charge in [-0.3, -0.25) is 28.6 Å². The van der Waals surface area contributed by atoms with Gasteiger partial charge < -0.3 is 15.5 Å². The van der Waals surface area contributed by atoms with E-state index in [1.54, 1.807) is 17.5 Å². The van der Waals surface area contributed by atoms with Crippen LogP contribution in [0.25, 0.3) is 0 Å². The second-order valence-corrected chi connectivity index (χ2v) is 10.1. The lowest BCUT2D eigenvalue weighted by atomic mass is 10.1. The molecule has 2 aliphatic rings. The number of nitrogens with zero attached hydrogens (tertiary/aromatic N) is 3. The summed E-state index contributed by atoms with van der Waals surface area (Å²) >= 11 is 1.13. The van der Waals surface area contributed by atoms with Gasteiger partial charge in [-0.25, -0.2) is 9.10 Å². The Kier molecular flexibility index (Phi) is 7.89. The molecule has 2 aliphatic heterocycles. The predicted octanol–water partition coefficient (Wildman–Crippen LogP) is -0.510. The fourth-order valence-corrected chi connectivity index (χ4v) is 4.99. The number of rotatable bonds is 9. The third kappa shape index (κ3) is 5.53. The average molecular weight is 516 g/mol. The SMILES string of the molecule is CCCCCN1CCN(C(=O)NC(C(=O)NC2CN(S(=O)(=O)O)C2=O)c2cccs2)C(=O)C1=O. The Bertz CT molecular complexity index is 1070. The predicted molar refractivity (Wildman–Crippen MR) is 119 cm³/mol. The van der Waals surface area contributed by atoms with Gasteiger partial charge in [-0.1, -0.05) is 25.8 Å². The highest BCUT2D eigenvalue weighted by Crippen LogP contribution is 2.22. The third-order valence-corrected chi connectivity index (χ3v) is 7.25. The van der Waals surface area contributed by atoms with E-state index in [2.05, 4.69) is 10.6 Å². The van der Waals surface area contributed by atoms with Crippen LogP contribution in [0.4, 0.5) is 4.79 Å². The Morgan fingerprint density at radius 3 is 2.53 bits per heavy atom. The van der Waals surface area contributed by atoms with Crippen LogP contribution in [-0.2, 0) is 29.5 Å². The zero-order valence-corrected chi connectivity index (χ0v) is 19.9. The van der Waals surface area contributed by atoms with Crippen molar-refractivity contribution < 1.29 is 36.9 Å². The van der Waals surface area contributed by atoms with Crippen molar-refractivity contribution >= 4 is 51.3 Å². The van der Waals surface area contributed by atoms with Crippen molar-refractivity contribution in [1.82, 2.24) is 24.7 Å². The summed E-state index contributed by atoms with van der Waals surface area (Å²) in [4.78, 5) is 65.0. The van der Waals surface area contributed by atoms with Gasteiger partial charge in [-0.2, -0.15) is 8.42 Å². The van der Waals surface area contributed by atoms with Gasteiger partial charge >= 0.3 is 28.1 Å². The lowest BCUT2D eigenvalue weighted by Crippen LogP contribution is -2.66. The maximum atomic E-state index is 12.8. The highest BCUT2D eigenvalue weighted by atomic mass is 32.2. The minimum Gasteiger partial charge on any atom is -0.340 e. The Labute approximate surface area is 199 Å². The zero-order chi connectivity index (χ0) is 25.0. The Hall–Kier alpha value is -3.04. The van der Waals surface area contributed by atoms with Crippen LogP contribution in [0, 0.1) is 0 Å². The van der Waals surface area contributed by atoms with Crippen molar-refractivity contribution in [2.75, 3.05) is 26.2 Å². The maximum absolute atomic E-state index is 12.8. The van der Waals surface area contributed by atoms with Gasteiger partial charge in [0, 0.05) is 24.5 Å². The number of carbonyl (C=O) groups is 5. The van der Waals surface area contributed by atoms with Crippen molar-refractivity contribution in [2.24, 2.45) is 0 Å². The van der Waals surface area contributed by atoms with Crippen LogP contribution in [0.2, 0.25) is 0 Å². The first-order chi connectivity index (χ1) is 16.0. The average Bonchev–Trinajstić information content (AvgIpc) is 3.30. The molecule has 0 aromatic carbocycles. The van der Waals surface area contributed by atoms with Crippen molar-refractivity contribution in [2.45, 2.75) is 38.3 Å². The van der Waals surface area contributed by atoms with Crippen LogP contribution in [0.3, 0.4) is 0 Å². The molecule has 2 saturated heterocycles. The van der Waals surface area contributed by atoms with Gasteiger partial charge in [0.15, 0.2) is 0 Å². The molecule has 15 heteroatoms. The molecule has 0 saturated carbocycles. The number of imide groups is 1. The van der Waals surface area contributed by atoms with Gasteiger partial charge in [0.05, 0.1) is 6.54 Å². The quantitative estimate of drug-likeness (QED) is 0.171. The third-order valence-electron chi connectivity index (χ3n) is 5.43. The number of unbranched alkanes of at least 4 members (excludes halogenated alkanes) is 2. The fraction of sp³-hybridized carbons (Fsp3) is 0.526. The monoisotopic (exact) mass is 515 g/mol. The van der Waals surface area contributed by atoms with E-state index in [1.165, 1.54) is 4.90 Å². The largest absolute Gasteiger partial charge is 0.362 e. The van der Waals surface area contributed by atoms with Crippen LogP contribution in [-0.4, -0.2) is 89.0 Å². The number of amides is 6. The zero-order valence-electron chi connectivity index (χ0n) is 18.3. The highest BCUT2D eigenvalue weighted by Gasteiger charge is 2.45. The molecule has 0 bridgehead atoms. The molecule has 1 aromatic heterocycles. The van der Waals surface area contributed by atoms with E-state index in [9.17, 15) is 32.4 Å². The molecule has 0 radical (unpaired) electrons. The summed E-state index contributed by atoms with van der Waals surface area (Å²) in [7, 11) is -4.72. The van der Waals surface area contributed by atoms with Crippen molar-refractivity contribution in [1.29, 1.82) is 0 Å². The minimum absolute atomic E-state index is 0.0360. The number of β-lactam (4-membered cyclic amide) rings is 1. The van der Waals surface area contributed by atoms with E-state index in [-0.39, 0.29) is 17.4 Å². The highest BCUT2D eigenvalue weighted by molar-refractivity contribution is 7.84. The summed E-state index contributed by atoms with van der Waals surface area (Å²) in [5.41, 5.74) is 0. The molecule has 6 amide bonds. The number of piperazine rings is 1. The van der Waals surface area contributed by atoms with Crippen molar-refractivity contribution in [3.8, 4) is 0 Å². The summed E-state index contributed by atoms with van der Waals surface area (Å²) in [6.07, 6.45) is 2.61. The van der Waals surface area contributed by atoms with Gasteiger partial charge in [0.2, 0.25) is 5.91 Å². The van der Waals surface area contributed by atoms with Gasteiger partial charge in [-0.05, 0) is 17.9 Å². The first-order valence-corrected chi connectivity index (χ1v) is 12.9. The van der Waals surface area contributed by atoms with E-state index in [0.717, 1.165) is 35.5 Å². The van der Waals surface area contributed by atoms with E-state index < -0.39 is 58.6 Å². The number of thiophene rings is 1. The Morgan fingerprint density at radius 2 is 1.94 bits per heavy atom. The summed E-state index contributed by atoms with van der Waals surface area (Å²) in [5, 5.41) is 6.40. The number of urea groups is 1. The molecule has 3 rings (SSSR count). The molecule has 13 nitrogen and oxygen atoms in total. The number of nitrogens with one attached hydrogen (secondary N) is 2. The molecule has 34 heavy (non-hydrogen) atoms. The fourth-order valence-electron chi connectivity index (χ4n) is 3.52. The number of hydrogen-bond donors (Lipinski definition) is 3. The smallest absolute Gasteiger partial charge is 0.340 e. The van der Waals surface area contributed by atoms with Gasteiger partial charge in [0.25, 0.3) is 5.91 Å². The molecule has 1 aromatic rings. The molecule has 2 unspecified atom stereocenters. The van der Waals surface area contributed by atoms with Crippen molar-refractivity contribution in [3.05, 3.63) is 22.4 Å². The summed E-state index contributed by atoms with van der Waals surface area (Å²) in [5.74, 6) is -3.63. The van der Waals surface area contributed by atoms with Crippen LogP contribution < -0.4 is 10.6 Å². The normalized spacial score (nSPS) is 19.6. The van der Waals surface area contributed by atoms with Crippen LogP contribution in [0.5, 0.6) is 0 Å². The minimum atomic E-state index is -4.72. The molecular formula is C19H25N5O8S2. The first-order valence-electron chi connectivity index (χ1n) is 10.6. The van der Waals surface area contributed by atoms with Gasteiger partial charge in [-0.15, -0.1) is 11.3 Å². The van der Waals surface area contributed by atoms with E-state index in [1.807, 2.05) is 6.92 Å². The molecule has 186 valence electrons. The summed E-state index contributed by atoms with van der Waals surface area (Å²) in [6.45, 7) is 2.12. The van der Waals surface area contributed by atoms with Crippen LogP contribution >= 0.6 is 11.3 Å². The molecule has 3 N–H and O–H groups in total. The molecule has 2 fully saturated rings. The lowest BCUT2D eigenvalue weighted by Gasteiger charge is -2.36. The number of carbonyl (C=O) groups excluding carboxylic acids is 5. The Morgan fingerprint density at radius 1 is 1.21 bits per heavy atom. The van der Waals surface area contributed by atoms with Crippen molar-refractivity contribution in [3.63, 3.8) is 0 Å². The molecule has 2 atom stereocenters. The van der Waals surface area contributed by atoms with Gasteiger partial charge in [0.1, 0.15) is 12.1 Å². The molecule has 0 spiro atoms. The second kappa shape index (κ2) is 10.5.